The maximum absolute atomic E-state index is 13.2. The van der Waals surface area contributed by atoms with Crippen molar-refractivity contribution in [3.05, 3.63) is 108 Å². The van der Waals surface area contributed by atoms with Gasteiger partial charge in [-0.05, 0) is 58.3 Å². The van der Waals surface area contributed by atoms with Crippen LogP contribution in [-0.2, 0) is 14.3 Å². The van der Waals surface area contributed by atoms with Gasteiger partial charge < -0.3 is 13.9 Å². The average molecular weight is 481 g/mol. The summed E-state index contributed by atoms with van der Waals surface area (Å²) < 4.78 is 15.6. The molecule has 36 heavy (non-hydrogen) atoms. The summed E-state index contributed by atoms with van der Waals surface area (Å²) in [5.41, 5.74) is 2.65. The van der Waals surface area contributed by atoms with Crippen LogP contribution in [0, 0.1) is 0 Å². The number of carbonyl (C=O) groups is 2. The molecule has 180 valence electrons. The van der Waals surface area contributed by atoms with Crippen molar-refractivity contribution in [1.82, 2.24) is 5.01 Å². The van der Waals surface area contributed by atoms with Gasteiger partial charge in [0.1, 0.15) is 11.5 Å². The van der Waals surface area contributed by atoms with E-state index in [4.69, 9.17) is 13.9 Å². The third-order valence-corrected chi connectivity index (χ3v) is 6.01. The first-order valence-electron chi connectivity index (χ1n) is 11.5. The summed E-state index contributed by atoms with van der Waals surface area (Å²) in [6.45, 7) is -0.428. The van der Waals surface area contributed by atoms with Crippen molar-refractivity contribution < 1.29 is 23.5 Å². The number of ether oxygens (including phenoxy) is 2. The van der Waals surface area contributed by atoms with E-state index in [-0.39, 0.29) is 6.04 Å². The van der Waals surface area contributed by atoms with E-state index in [0.29, 0.717) is 12.2 Å². The molecule has 5 rings (SSSR count). The quantitative estimate of drug-likeness (QED) is 0.262. The maximum atomic E-state index is 13.2. The van der Waals surface area contributed by atoms with Crippen LogP contribution in [0.2, 0.25) is 0 Å². The molecule has 1 aliphatic heterocycles. The van der Waals surface area contributed by atoms with Gasteiger partial charge in [0.2, 0.25) is 0 Å². The number of benzene rings is 3. The van der Waals surface area contributed by atoms with Gasteiger partial charge in [0.05, 0.1) is 25.1 Å². The zero-order valence-electron chi connectivity index (χ0n) is 19.7. The zero-order chi connectivity index (χ0) is 24.9. The smallest absolute Gasteiger partial charge is 0.331 e. The summed E-state index contributed by atoms with van der Waals surface area (Å²) in [6, 6.07) is 24.9. The van der Waals surface area contributed by atoms with Gasteiger partial charge in [0.25, 0.3) is 5.91 Å². The first kappa shape index (κ1) is 23.1. The Hall–Kier alpha value is -4.65. The highest BCUT2D eigenvalue weighted by Gasteiger charge is 2.33. The number of fused-ring (bicyclic) bond motifs is 1. The Labute approximate surface area is 208 Å². The Bertz CT molecular complexity index is 1440. The molecule has 0 spiro atoms. The fraction of sp³-hybridized carbons (Fsp3) is 0.138. The van der Waals surface area contributed by atoms with E-state index in [1.165, 1.54) is 23.4 Å². The maximum Gasteiger partial charge on any atom is 0.331 e. The van der Waals surface area contributed by atoms with Crippen LogP contribution in [0.4, 0.5) is 0 Å². The molecule has 7 heteroatoms. The molecule has 0 fully saturated rings. The molecule has 1 atom stereocenters. The van der Waals surface area contributed by atoms with Gasteiger partial charge in [-0.3, -0.25) is 4.79 Å². The minimum absolute atomic E-state index is 0.331. The molecule has 2 heterocycles. The highest BCUT2D eigenvalue weighted by atomic mass is 16.5. The van der Waals surface area contributed by atoms with E-state index in [0.717, 1.165) is 33.4 Å². The van der Waals surface area contributed by atoms with Gasteiger partial charge in [0, 0.05) is 12.5 Å². The highest BCUT2D eigenvalue weighted by Crippen LogP contribution is 2.34. The van der Waals surface area contributed by atoms with Gasteiger partial charge in [-0.2, -0.15) is 5.10 Å². The Kier molecular flexibility index (Phi) is 6.62. The highest BCUT2D eigenvalue weighted by molar-refractivity contribution is 6.05. The normalized spacial score (nSPS) is 15.3. The number of nitrogens with zero attached hydrogens (tertiary/aromatic N) is 2. The predicted molar refractivity (Wildman–Crippen MR) is 136 cm³/mol. The van der Waals surface area contributed by atoms with Crippen molar-refractivity contribution >= 4 is 34.4 Å². The summed E-state index contributed by atoms with van der Waals surface area (Å²) in [5, 5.41) is 8.32. The second-order valence-corrected chi connectivity index (χ2v) is 8.30. The van der Waals surface area contributed by atoms with Crippen LogP contribution in [0.1, 0.15) is 29.3 Å². The standard InChI is InChI=1S/C29H24N2O5/c1-34-24-12-10-21(11-13-24)27-18-26(23-9-8-20-5-2-3-6-22(20)17-23)30-31(27)28(32)19-36-29(33)15-14-25-7-4-16-35-25/h2-17,27H,18-19H2,1H3/b15-14+. The third-order valence-electron chi connectivity index (χ3n) is 6.01. The minimum atomic E-state index is -0.640. The number of hydrazone groups is 1. The van der Waals surface area contributed by atoms with Gasteiger partial charge in [-0.15, -0.1) is 0 Å². The Morgan fingerprint density at radius 2 is 1.83 bits per heavy atom. The molecule has 1 aromatic heterocycles. The van der Waals surface area contributed by atoms with E-state index in [9.17, 15) is 9.59 Å². The summed E-state index contributed by atoms with van der Waals surface area (Å²) in [5.74, 6) is 0.189. The fourth-order valence-electron chi connectivity index (χ4n) is 4.15. The lowest BCUT2D eigenvalue weighted by atomic mass is 9.97. The monoisotopic (exact) mass is 480 g/mol. The molecule has 0 radical (unpaired) electrons. The van der Waals surface area contributed by atoms with Crippen LogP contribution in [0.3, 0.4) is 0 Å². The molecular weight excluding hydrogens is 456 g/mol. The minimum Gasteiger partial charge on any atom is -0.497 e. The Morgan fingerprint density at radius 3 is 2.58 bits per heavy atom. The van der Waals surface area contributed by atoms with Crippen molar-refractivity contribution in [3.63, 3.8) is 0 Å². The number of furan rings is 1. The number of amides is 1. The summed E-state index contributed by atoms with van der Waals surface area (Å²) in [6.07, 6.45) is 4.74. The van der Waals surface area contributed by atoms with Crippen molar-refractivity contribution in [1.29, 1.82) is 0 Å². The number of carbonyl (C=O) groups excluding carboxylic acids is 2. The molecule has 1 aliphatic rings. The number of hydrogen-bond acceptors (Lipinski definition) is 6. The molecule has 4 aromatic rings. The molecule has 0 aliphatic carbocycles. The molecule has 1 amide bonds. The molecule has 0 saturated carbocycles. The molecule has 0 bridgehead atoms. The lowest BCUT2D eigenvalue weighted by Crippen LogP contribution is -2.31. The second-order valence-electron chi connectivity index (χ2n) is 8.30. The lowest BCUT2D eigenvalue weighted by Gasteiger charge is -2.22. The molecule has 1 unspecified atom stereocenters. The van der Waals surface area contributed by atoms with E-state index in [1.54, 1.807) is 19.2 Å². The second kappa shape index (κ2) is 10.3. The first-order chi connectivity index (χ1) is 17.6. The summed E-state index contributed by atoms with van der Waals surface area (Å²) in [7, 11) is 1.61. The van der Waals surface area contributed by atoms with E-state index in [2.05, 4.69) is 17.2 Å². The van der Waals surface area contributed by atoms with Gasteiger partial charge in [-0.25, -0.2) is 9.80 Å². The van der Waals surface area contributed by atoms with Crippen molar-refractivity contribution in [2.75, 3.05) is 13.7 Å². The molecular formula is C29H24N2O5. The molecule has 7 nitrogen and oxygen atoms in total. The van der Waals surface area contributed by atoms with E-state index in [1.807, 2.05) is 54.6 Å². The van der Waals surface area contributed by atoms with Crippen LogP contribution in [-0.4, -0.2) is 36.3 Å². The topological polar surface area (TPSA) is 81.3 Å². The number of rotatable bonds is 7. The Morgan fingerprint density at radius 1 is 1.03 bits per heavy atom. The SMILES string of the molecule is COc1ccc(C2CC(c3ccc4ccccc4c3)=NN2C(=O)COC(=O)/C=C/c2ccco2)cc1. The van der Waals surface area contributed by atoms with Gasteiger partial charge in [0.15, 0.2) is 6.61 Å². The van der Waals surface area contributed by atoms with Crippen molar-refractivity contribution in [2.45, 2.75) is 12.5 Å². The van der Waals surface area contributed by atoms with Crippen LogP contribution in [0.25, 0.3) is 16.8 Å². The van der Waals surface area contributed by atoms with E-state index >= 15 is 0 Å². The van der Waals surface area contributed by atoms with Crippen LogP contribution in [0.15, 0.2) is 101 Å². The summed E-state index contributed by atoms with van der Waals surface area (Å²) in [4.78, 5) is 25.3. The molecule has 0 N–H and O–H groups in total. The molecule has 3 aromatic carbocycles. The largest absolute Gasteiger partial charge is 0.497 e. The van der Waals surface area contributed by atoms with Gasteiger partial charge >= 0.3 is 5.97 Å². The zero-order valence-corrected chi connectivity index (χ0v) is 19.7. The average Bonchev–Trinajstić information content (AvgIpc) is 3.61. The van der Waals surface area contributed by atoms with Gasteiger partial charge in [-0.1, -0.05) is 48.5 Å². The van der Waals surface area contributed by atoms with Crippen LogP contribution < -0.4 is 4.74 Å². The van der Waals surface area contributed by atoms with Crippen molar-refractivity contribution in [3.8, 4) is 5.75 Å². The van der Waals surface area contributed by atoms with E-state index < -0.39 is 18.5 Å². The van der Waals surface area contributed by atoms with Crippen molar-refractivity contribution in [2.24, 2.45) is 5.10 Å². The summed E-state index contributed by atoms with van der Waals surface area (Å²) >= 11 is 0. The fourth-order valence-corrected chi connectivity index (χ4v) is 4.15. The lowest BCUT2D eigenvalue weighted by molar-refractivity contribution is -0.149. The number of methoxy groups -OCH3 is 1. The van der Waals surface area contributed by atoms with Crippen LogP contribution in [0.5, 0.6) is 5.75 Å². The first-order valence-corrected chi connectivity index (χ1v) is 11.5. The predicted octanol–water partition coefficient (Wildman–Crippen LogP) is 5.38. The number of esters is 1. The third kappa shape index (κ3) is 5.05. The van der Waals surface area contributed by atoms with Crippen LogP contribution >= 0.6 is 0 Å². The molecule has 0 saturated heterocycles. The Balaban J connectivity index is 1.37. The number of hydrogen-bond donors (Lipinski definition) is 0.